The third kappa shape index (κ3) is 3.02. The van der Waals surface area contributed by atoms with Crippen LogP contribution in [0.2, 0.25) is 0 Å². The van der Waals surface area contributed by atoms with E-state index >= 15 is 0 Å². The molecule has 0 bridgehead atoms. The predicted octanol–water partition coefficient (Wildman–Crippen LogP) is 4.36. The third-order valence-electron chi connectivity index (χ3n) is 5.45. The Kier molecular flexibility index (Phi) is 4.58. The topological polar surface area (TPSA) is 90.1 Å². The summed E-state index contributed by atoms with van der Waals surface area (Å²) in [5.74, 6) is 1.29. The van der Waals surface area contributed by atoms with Crippen LogP contribution in [0.4, 0.5) is 5.69 Å². The van der Waals surface area contributed by atoms with E-state index in [2.05, 4.69) is 34.3 Å². The number of anilines is 1. The van der Waals surface area contributed by atoms with Crippen molar-refractivity contribution in [2.45, 2.75) is 38.6 Å². The fourth-order valence-electron chi connectivity index (χ4n) is 3.60. The number of hydrogen-bond donors (Lipinski definition) is 1. The zero-order valence-corrected chi connectivity index (χ0v) is 16.2. The van der Waals surface area contributed by atoms with Crippen molar-refractivity contribution < 1.29 is 14.1 Å². The van der Waals surface area contributed by atoms with E-state index in [1.54, 1.807) is 19.4 Å². The molecule has 0 spiro atoms. The highest BCUT2D eigenvalue weighted by Gasteiger charge is 2.35. The Hall–Kier alpha value is -3.22. The van der Waals surface area contributed by atoms with E-state index in [1.165, 1.54) is 0 Å². The minimum absolute atomic E-state index is 0.132. The first kappa shape index (κ1) is 18.2. The summed E-state index contributed by atoms with van der Waals surface area (Å²) < 4.78 is 10.7. The number of hydrogen-bond acceptors (Lipinski definition) is 7. The van der Waals surface area contributed by atoms with E-state index in [-0.39, 0.29) is 11.3 Å². The summed E-state index contributed by atoms with van der Waals surface area (Å²) >= 11 is 0. The number of nitrogens with one attached hydrogen (secondary N) is 1. The lowest BCUT2D eigenvalue weighted by Crippen LogP contribution is -2.43. The van der Waals surface area contributed by atoms with Crippen LogP contribution >= 0.6 is 0 Å². The maximum Gasteiger partial charge on any atom is 0.258 e. The summed E-state index contributed by atoms with van der Waals surface area (Å²) in [6.07, 6.45) is 3.92. The van der Waals surface area contributed by atoms with E-state index in [9.17, 15) is 4.79 Å². The van der Waals surface area contributed by atoms with Crippen LogP contribution < -0.4 is 10.1 Å². The highest BCUT2D eigenvalue weighted by atomic mass is 16.5. The fourth-order valence-corrected chi connectivity index (χ4v) is 3.60. The van der Waals surface area contributed by atoms with Gasteiger partial charge < -0.3 is 14.6 Å². The molecule has 1 aliphatic rings. The lowest BCUT2D eigenvalue weighted by Gasteiger charge is -2.38. The Morgan fingerprint density at radius 3 is 2.79 bits per heavy atom. The molecule has 0 saturated heterocycles. The lowest BCUT2D eigenvalue weighted by molar-refractivity contribution is 0.0946. The molecule has 0 atom stereocenters. The van der Waals surface area contributed by atoms with E-state index in [0.29, 0.717) is 40.7 Å². The number of carbonyl (C=O) groups excluding carboxylic acids is 1. The molecule has 7 heteroatoms. The Morgan fingerprint density at radius 2 is 2.04 bits per heavy atom. The van der Waals surface area contributed by atoms with Crippen LogP contribution in [0.3, 0.4) is 0 Å². The van der Waals surface area contributed by atoms with Gasteiger partial charge in [0.25, 0.3) is 5.89 Å². The van der Waals surface area contributed by atoms with Gasteiger partial charge in [-0.15, -0.1) is 0 Å². The maximum atomic E-state index is 12.8. The van der Waals surface area contributed by atoms with Crippen molar-refractivity contribution in [2.24, 2.45) is 0 Å². The number of benzene rings is 1. The van der Waals surface area contributed by atoms with Crippen LogP contribution in [0.15, 0.2) is 41.1 Å². The smallest absolute Gasteiger partial charge is 0.258 e. The molecule has 1 N–H and O–H groups in total. The molecule has 28 heavy (non-hydrogen) atoms. The van der Waals surface area contributed by atoms with Crippen LogP contribution in [0, 0.1) is 0 Å². The summed E-state index contributed by atoms with van der Waals surface area (Å²) in [6.45, 7) is 4.21. The molecule has 0 radical (unpaired) electrons. The Labute approximate surface area is 163 Å². The molecule has 0 aliphatic carbocycles. The summed E-state index contributed by atoms with van der Waals surface area (Å²) in [7, 11) is 1.54. The SMILES string of the molecule is CCC1(CC)CC(=O)c2cc(-c3nc(-c4cccnc4OC)no3)ccc2N1. The van der Waals surface area contributed by atoms with E-state index in [1.807, 2.05) is 24.3 Å². The lowest BCUT2D eigenvalue weighted by atomic mass is 9.81. The number of ketones is 1. The van der Waals surface area contributed by atoms with Gasteiger partial charge in [0.1, 0.15) is 0 Å². The van der Waals surface area contributed by atoms with Gasteiger partial charge >= 0.3 is 0 Å². The molecule has 144 valence electrons. The van der Waals surface area contributed by atoms with Crippen molar-refractivity contribution in [3.8, 4) is 28.7 Å². The first-order chi connectivity index (χ1) is 13.6. The van der Waals surface area contributed by atoms with Gasteiger partial charge in [-0.3, -0.25) is 4.79 Å². The molecule has 4 rings (SSSR count). The van der Waals surface area contributed by atoms with Crippen LogP contribution in [0.1, 0.15) is 43.5 Å². The molecular formula is C21H22N4O3. The average molecular weight is 378 g/mol. The summed E-state index contributed by atoms with van der Waals surface area (Å²) in [5, 5.41) is 7.60. The number of carbonyl (C=O) groups is 1. The van der Waals surface area contributed by atoms with Crippen molar-refractivity contribution in [1.82, 2.24) is 15.1 Å². The molecule has 1 aliphatic heterocycles. The van der Waals surface area contributed by atoms with Gasteiger partial charge in [0.2, 0.25) is 11.7 Å². The molecule has 7 nitrogen and oxygen atoms in total. The van der Waals surface area contributed by atoms with Crippen molar-refractivity contribution in [2.75, 3.05) is 12.4 Å². The highest BCUT2D eigenvalue weighted by Crippen LogP contribution is 2.37. The second-order valence-electron chi connectivity index (χ2n) is 6.96. The fraction of sp³-hybridized carbons (Fsp3) is 0.333. The number of pyridine rings is 1. The summed E-state index contributed by atoms with van der Waals surface area (Å²) in [5.41, 5.74) is 2.70. The summed E-state index contributed by atoms with van der Waals surface area (Å²) in [4.78, 5) is 21.4. The molecular weight excluding hydrogens is 356 g/mol. The number of fused-ring (bicyclic) bond motifs is 1. The van der Waals surface area contributed by atoms with Gasteiger partial charge in [0.15, 0.2) is 5.78 Å². The second kappa shape index (κ2) is 7.07. The Morgan fingerprint density at radius 1 is 1.21 bits per heavy atom. The molecule has 3 heterocycles. The number of Topliss-reactive ketones (excluding diaryl/α,β-unsaturated/α-hetero) is 1. The molecule has 0 saturated carbocycles. The zero-order chi connectivity index (χ0) is 19.7. The number of aromatic nitrogens is 3. The summed E-state index contributed by atoms with van der Waals surface area (Å²) in [6, 6.07) is 9.22. The van der Waals surface area contributed by atoms with Crippen LogP contribution in [-0.4, -0.2) is 33.6 Å². The van der Waals surface area contributed by atoms with Crippen molar-refractivity contribution >= 4 is 11.5 Å². The second-order valence-corrected chi connectivity index (χ2v) is 6.96. The van der Waals surface area contributed by atoms with Crippen molar-refractivity contribution in [3.05, 3.63) is 42.1 Å². The largest absolute Gasteiger partial charge is 0.480 e. The first-order valence-corrected chi connectivity index (χ1v) is 9.38. The monoisotopic (exact) mass is 378 g/mol. The van der Waals surface area contributed by atoms with Gasteiger partial charge in [-0.2, -0.15) is 4.98 Å². The number of rotatable bonds is 5. The van der Waals surface area contributed by atoms with Crippen molar-refractivity contribution in [1.29, 1.82) is 0 Å². The van der Waals surface area contributed by atoms with Crippen LogP contribution in [0.5, 0.6) is 5.88 Å². The molecule has 1 aromatic carbocycles. The van der Waals surface area contributed by atoms with Crippen molar-refractivity contribution in [3.63, 3.8) is 0 Å². The minimum atomic E-state index is -0.167. The number of ether oxygens (including phenoxy) is 1. The van der Waals surface area contributed by atoms with Gasteiger partial charge in [-0.25, -0.2) is 4.98 Å². The maximum absolute atomic E-state index is 12.8. The standard InChI is InChI=1S/C21H22N4O3/c1-4-21(5-2)12-17(26)15-11-13(8-9-16(15)24-21)19-23-18(25-28-19)14-7-6-10-22-20(14)27-3/h6-11,24H,4-5,12H2,1-3H3. The molecule has 0 fully saturated rings. The Bertz CT molecular complexity index is 1020. The zero-order valence-electron chi connectivity index (χ0n) is 16.2. The normalized spacial score (nSPS) is 15.0. The van der Waals surface area contributed by atoms with Crippen LogP contribution in [-0.2, 0) is 0 Å². The van der Waals surface area contributed by atoms with E-state index in [4.69, 9.17) is 9.26 Å². The molecule has 0 amide bonds. The highest BCUT2D eigenvalue weighted by molar-refractivity contribution is 6.05. The Balaban J connectivity index is 1.68. The van der Waals surface area contributed by atoms with Gasteiger partial charge in [0.05, 0.1) is 12.7 Å². The molecule has 3 aromatic rings. The minimum Gasteiger partial charge on any atom is -0.480 e. The van der Waals surface area contributed by atoms with E-state index in [0.717, 1.165) is 18.5 Å². The predicted molar refractivity (Wildman–Crippen MR) is 105 cm³/mol. The molecule has 0 unspecified atom stereocenters. The average Bonchev–Trinajstić information content (AvgIpc) is 3.23. The first-order valence-electron chi connectivity index (χ1n) is 9.38. The molecule has 2 aromatic heterocycles. The van der Waals surface area contributed by atoms with Crippen LogP contribution in [0.25, 0.3) is 22.8 Å². The number of methoxy groups -OCH3 is 1. The third-order valence-corrected chi connectivity index (χ3v) is 5.45. The van der Waals surface area contributed by atoms with E-state index < -0.39 is 0 Å². The quantitative estimate of drug-likeness (QED) is 0.705. The van der Waals surface area contributed by atoms with Gasteiger partial charge in [-0.05, 0) is 43.2 Å². The van der Waals surface area contributed by atoms with Gasteiger partial charge in [-0.1, -0.05) is 19.0 Å². The number of nitrogens with zero attached hydrogens (tertiary/aromatic N) is 3. The van der Waals surface area contributed by atoms with Gasteiger partial charge in [0, 0.05) is 35.0 Å².